The molecule has 0 aliphatic rings. The monoisotopic (exact) mass is 355 g/mol. The zero-order valence-corrected chi connectivity index (χ0v) is 14.1. The van der Waals surface area contributed by atoms with Crippen molar-refractivity contribution in [3.05, 3.63) is 56.9 Å². The number of hydrogen-bond acceptors (Lipinski definition) is 2. The van der Waals surface area contributed by atoms with E-state index in [0.29, 0.717) is 0 Å². The Kier molecular flexibility index (Phi) is 5.70. The normalized spacial score (nSPS) is 12.6. The zero-order valence-electron chi connectivity index (χ0n) is 11.7. The molecule has 1 aromatic heterocycles. The molecular weight excluding hydrogens is 338 g/mol. The van der Waals surface area contributed by atoms with Crippen molar-refractivity contribution >= 4 is 27.5 Å². The van der Waals surface area contributed by atoms with Crippen molar-refractivity contribution in [1.82, 2.24) is 5.32 Å². The topological polar surface area (TPSA) is 25.2 Å². The van der Waals surface area contributed by atoms with Crippen LogP contribution in [0.5, 0.6) is 0 Å². The molecule has 1 aromatic carbocycles. The second-order valence-electron chi connectivity index (χ2n) is 4.71. The Morgan fingerprint density at radius 1 is 1.25 bits per heavy atom. The van der Waals surface area contributed by atoms with Crippen LogP contribution in [0.25, 0.3) is 0 Å². The van der Waals surface area contributed by atoms with Crippen LogP contribution in [0, 0.1) is 0 Å². The van der Waals surface area contributed by atoms with E-state index in [9.17, 15) is 0 Å². The van der Waals surface area contributed by atoms with Crippen molar-refractivity contribution in [2.24, 2.45) is 0 Å². The predicted molar refractivity (Wildman–Crippen MR) is 87.4 cm³/mol. The van der Waals surface area contributed by atoms with E-state index in [0.717, 1.165) is 46.0 Å². The smallest absolute Gasteiger partial charge is 0.125 e. The molecule has 1 unspecified atom stereocenters. The van der Waals surface area contributed by atoms with Crippen molar-refractivity contribution in [3.63, 3.8) is 0 Å². The Morgan fingerprint density at radius 3 is 2.65 bits per heavy atom. The minimum Gasteiger partial charge on any atom is -0.464 e. The van der Waals surface area contributed by atoms with Gasteiger partial charge in [0.2, 0.25) is 0 Å². The maximum atomic E-state index is 6.38. The lowest BCUT2D eigenvalue weighted by Gasteiger charge is -2.18. The molecule has 0 saturated carbocycles. The number of furan rings is 1. The number of aryl methyl sites for hydroxylation is 1. The third kappa shape index (κ3) is 3.66. The van der Waals surface area contributed by atoms with E-state index in [1.165, 1.54) is 0 Å². The highest BCUT2D eigenvalue weighted by molar-refractivity contribution is 9.10. The van der Waals surface area contributed by atoms with E-state index < -0.39 is 0 Å². The van der Waals surface area contributed by atoms with Gasteiger partial charge in [-0.2, -0.15) is 0 Å². The summed E-state index contributed by atoms with van der Waals surface area (Å²) in [5.74, 6) is 1.91. The lowest BCUT2D eigenvalue weighted by molar-refractivity contribution is 0.422. The molecule has 0 saturated heterocycles. The molecule has 1 N–H and O–H groups in total. The molecule has 1 heterocycles. The molecule has 2 nitrogen and oxygen atoms in total. The van der Waals surface area contributed by atoms with Gasteiger partial charge < -0.3 is 9.73 Å². The number of nitrogens with one attached hydrogen (secondary N) is 1. The summed E-state index contributed by atoms with van der Waals surface area (Å²) >= 11 is 9.82. The molecule has 1 atom stereocenters. The van der Waals surface area contributed by atoms with Crippen LogP contribution in [0.15, 0.2) is 39.2 Å². The molecule has 20 heavy (non-hydrogen) atoms. The van der Waals surface area contributed by atoms with Crippen molar-refractivity contribution in [2.45, 2.75) is 32.7 Å². The number of halogens is 2. The van der Waals surface area contributed by atoms with Gasteiger partial charge in [-0.1, -0.05) is 47.4 Å². The van der Waals surface area contributed by atoms with Crippen LogP contribution in [-0.4, -0.2) is 6.54 Å². The SMILES string of the molecule is CCCNC(c1ccc(CC)o1)c1ccc(Br)cc1Cl. The largest absolute Gasteiger partial charge is 0.464 e. The average molecular weight is 357 g/mol. The Labute approximate surface area is 133 Å². The van der Waals surface area contributed by atoms with Gasteiger partial charge in [0.25, 0.3) is 0 Å². The third-order valence-electron chi connectivity index (χ3n) is 3.19. The first-order valence-electron chi connectivity index (χ1n) is 6.92. The van der Waals surface area contributed by atoms with Gasteiger partial charge in [0.15, 0.2) is 0 Å². The Hall–Kier alpha value is -0.770. The van der Waals surface area contributed by atoms with Crippen LogP contribution < -0.4 is 5.32 Å². The summed E-state index contributed by atoms with van der Waals surface area (Å²) in [6, 6.07) is 10.0. The molecular formula is C16H19BrClNO. The van der Waals surface area contributed by atoms with Crippen molar-refractivity contribution in [3.8, 4) is 0 Å². The molecule has 0 bridgehead atoms. The average Bonchev–Trinajstić information content (AvgIpc) is 2.90. The summed E-state index contributed by atoms with van der Waals surface area (Å²) < 4.78 is 6.88. The first-order chi connectivity index (χ1) is 9.65. The van der Waals surface area contributed by atoms with E-state index in [-0.39, 0.29) is 6.04 Å². The quantitative estimate of drug-likeness (QED) is 0.755. The molecule has 0 aliphatic carbocycles. The van der Waals surface area contributed by atoms with Gasteiger partial charge in [-0.25, -0.2) is 0 Å². The summed E-state index contributed by atoms with van der Waals surface area (Å²) in [5, 5.41) is 4.24. The van der Waals surface area contributed by atoms with Crippen LogP contribution in [0.2, 0.25) is 5.02 Å². The van der Waals surface area contributed by atoms with Gasteiger partial charge in [0.1, 0.15) is 11.5 Å². The van der Waals surface area contributed by atoms with E-state index in [4.69, 9.17) is 16.0 Å². The maximum Gasteiger partial charge on any atom is 0.125 e. The van der Waals surface area contributed by atoms with Crippen LogP contribution in [0.4, 0.5) is 0 Å². The molecule has 0 fully saturated rings. The number of benzene rings is 1. The predicted octanol–water partition coefficient (Wildman–Crippen LogP) is 5.35. The highest BCUT2D eigenvalue weighted by Crippen LogP contribution is 2.31. The summed E-state index contributed by atoms with van der Waals surface area (Å²) in [6.07, 6.45) is 1.96. The minimum atomic E-state index is -0.00384. The summed E-state index contributed by atoms with van der Waals surface area (Å²) in [7, 11) is 0. The first kappa shape index (κ1) is 15.6. The summed E-state index contributed by atoms with van der Waals surface area (Å²) in [5.41, 5.74) is 1.04. The number of rotatable bonds is 6. The van der Waals surface area contributed by atoms with Crippen LogP contribution in [0.1, 0.15) is 43.4 Å². The van der Waals surface area contributed by atoms with E-state index in [2.05, 4.69) is 35.1 Å². The molecule has 0 radical (unpaired) electrons. The van der Waals surface area contributed by atoms with Gasteiger partial charge in [0.05, 0.1) is 6.04 Å². The zero-order chi connectivity index (χ0) is 14.5. The van der Waals surface area contributed by atoms with E-state index in [1.54, 1.807) is 0 Å². The molecule has 0 amide bonds. The third-order valence-corrected chi connectivity index (χ3v) is 4.01. The van der Waals surface area contributed by atoms with Gasteiger partial charge in [-0.3, -0.25) is 0 Å². The summed E-state index contributed by atoms with van der Waals surface area (Å²) in [4.78, 5) is 0. The number of hydrogen-bond donors (Lipinski definition) is 1. The maximum absolute atomic E-state index is 6.38. The Bertz CT molecular complexity index is 567. The molecule has 4 heteroatoms. The Morgan fingerprint density at radius 2 is 2.05 bits per heavy atom. The lowest BCUT2D eigenvalue weighted by atomic mass is 10.0. The second-order valence-corrected chi connectivity index (χ2v) is 6.03. The molecule has 108 valence electrons. The molecule has 0 spiro atoms. The van der Waals surface area contributed by atoms with E-state index in [1.807, 2.05) is 30.3 Å². The lowest BCUT2D eigenvalue weighted by Crippen LogP contribution is -2.23. The van der Waals surface area contributed by atoms with Crippen LogP contribution >= 0.6 is 27.5 Å². The van der Waals surface area contributed by atoms with Gasteiger partial charge in [-0.15, -0.1) is 0 Å². The van der Waals surface area contributed by atoms with Crippen LogP contribution in [0.3, 0.4) is 0 Å². The van der Waals surface area contributed by atoms with Crippen molar-refractivity contribution in [2.75, 3.05) is 6.54 Å². The highest BCUT2D eigenvalue weighted by atomic mass is 79.9. The van der Waals surface area contributed by atoms with Gasteiger partial charge >= 0.3 is 0 Å². The van der Waals surface area contributed by atoms with Crippen LogP contribution in [-0.2, 0) is 6.42 Å². The van der Waals surface area contributed by atoms with Crippen molar-refractivity contribution in [1.29, 1.82) is 0 Å². The fourth-order valence-electron chi connectivity index (χ4n) is 2.13. The van der Waals surface area contributed by atoms with Crippen molar-refractivity contribution < 1.29 is 4.42 Å². The highest BCUT2D eigenvalue weighted by Gasteiger charge is 2.19. The fourth-order valence-corrected chi connectivity index (χ4v) is 2.91. The second kappa shape index (κ2) is 7.30. The van der Waals surface area contributed by atoms with E-state index >= 15 is 0 Å². The minimum absolute atomic E-state index is 0.00384. The Balaban J connectivity index is 2.35. The molecule has 2 aromatic rings. The molecule has 0 aliphatic heterocycles. The first-order valence-corrected chi connectivity index (χ1v) is 8.09. The summed E-state index contributed by atoms with van der Waals surface area (Å²) in [6.45, 7) is 5.15. The fraction of sp³-hybridized carbons (Fsp3) is 0.375. The van der Waals surface area contributed by atoms with Gasteiger partial charge in [0, 0.05) is 15.9 Å². The molecule has 2 rings (SSSR count). The van der Waals surface area contributed by atoms with Gasteiger partial charge in [-0.05, 0) is 42.8 Å². The standard InChI is InChI=1S/C16H19BrClNO/c1-3-9-19-16(15-8-6-12(4-2)20-15)13-7-5-11(17)10-14(13)18/h5-8,10,16,19H,3-4,9H2,1-2H3.